The van der Waals surface area contributed by atoms with Crippen LogP contribution in [-0.4, -0.2) is 35.1 Å². The van der Waals surface area contributed by atoms with Crippen LogP contribution in [0.5, 0.6) is 0 Å². The summed E-state index contributed by atoms with van der Waals surface area (Å²) in [6.45, 7) is 0.535. The number of aliphatic imine (C=N–C) groups is 1. The number of carbonyl (C=O) groups is 1. The number of thioether (sulfide) groups is 1. The molecule has 0 aliphatic heterocycles. The maximum Gasteiger partial charge on any atom is 0.320 e. The van der Waals surface area contributed by atoms with E-state index >= 15 is 0 Å². The smallest absolute Gasteiger partial charge is 0.320 e. The van der Waals surface area contributed by atoms with Crippen molar-refractivity contribution in [1.82, 2.24) is 0 Å². The van der Waals surface area contributed by atoms with E-state index < -0.39 is 12.0 Å². The average molecular weight is 242 g/mol. The first-order valence-electron chi connectivity index (χ1n) is 3.90. The fourth-order valence-corrected chi connectivity index (χ4v) is 0.909. The Kier molecular flexibility index (Phi) is 10.4. The first-order valence-corrected chi connectivity index (χ1v) is 5.12. The normalized spacial score (nSPS) is 13.1. The molecule has 0 bridgehead atoms. The molecule has 0 aromatic rings. The fourth-order valence-electron chi connectivity index (χ4n) is 0.688. The standard InChI is InChI=1S/C7H15N3O2S.ClH/c1-13-7(9)10-4-2-3-5(8)6(11)12;/h5H,2-4,8H2,1H3,(H2,9,10)(H,11,12);1H/t5-;/m0./s1. The Morgan fingerprint density at radius 1 is 1.64 bits per heavy atom. The minimum Gasteiger partial charge on any atom is -0.480 e. The molecule has 0 aromatic heterocycles. The van der Waals surface area contributed by atoms with Crippen molar-refractivity contribution in [3.05, 3.63) is 0 Å². The lowest BCUT2D eigenvalue weighted by Gasteiger charge is -2.03. The van der Waals surface area contributed by atoms with Gasteiger partial charge in [-0.25, -0.2) is 0 Å². The quantitative estimate of drug-likeness (QED) is 0.365. The molecular formula is C7H16ClN3O2S. The van der Waals surface area contributed by atoms with E-state index in [4.69, 9.17) is 16.6 Å². The highest BCUT2D eigenvalue weighted by molar-refractivity contribution is 8.13. The molecule has 14 heavy (non-hydrogen) atoms. The summed E-state index contributed by atoms with van der Waals surface area (Å²) >= 11 is 1.37. The van der Waals surface area contributed by atoms with Crippen molar-refractivity contribution in [2.75, 3.05) is 12.8 Å². The molecule has 0 fully saturated rings. The monoisotopic (exact) mass is 241 g/mol. The predicted octanol–water partition coefficient (Wildman–Crippen LogP) is 0.278. The zero-order chi connectivity index (χ0) is 10.3. The molecule has 0 unspecified atom stereocenters. The number of carboxylic acid groups (broad SMARTS) is 1. The first kappa shape index (κ1) is 16.0. The molecule has 84 valence electrons. The van der Waals surface area contributed by atoms with Gasteiger partial charge in [-0.2, -0.15) is 0 Å². The van der Waals surface area contributed by atoms with Crippen LogP contribution in [0.2, 0.25) is 0 Å². The molecule has 0 aliphatic rings. The van der Waals surface area contributed by atoms with Crippen molar-refractivity contribution in [3.8, 4) is 0 Å². The average Bonchev–Trinajstić information content (AvgIpc) is 2.11. The maximum absolute atomic E-state index is 10.3. The van der Waals surface area contributed by atoms with Gasteiger partial charge < -0.3 is 16.6 Å². The molecular weight excluding hydrogens is 226 g/mol. The maximum atomic E-state index is 10.3. The Labute approximate surface area is 93.7 Å². The molecule has 0 heterocycles. The van der Waals surface area contributed by atoms with Gasteiger partial charge in [0.15, 0.2) is 5.17 Å². The van der Waals surface area contributed by atoms with Crippen LogP contribution >= 0.6 is 24.2 Å². The molecule has 0 aromatic carbocycles. The van der Waals surface area contributed by atoms with E-state index in [-0.39, 0.29) is 12.4 Å². The molecule has 0 aliphatic carbocycles. The Hall–Kier alpha value is -0.460. The van der Waals surface area contributed by atoms with E-state index in [0.717, 1.165) is 0 Å². The number of amidine groups is 1. The van der Waals surface area contributed by atoms with Crippen LogP contribution in [0.1, 0.15) is 12.8 Å². The second kappa shape index (κ2) is 9.11. The lowest BCUT2D eigenvalue weighted by atomic mass is 10.2. The Balaban J connectivity index is 0. The number of nitrogens with zero attached hydrogens (tertiary/aromatic N) is 1. The zero-order valence-corrected chi connectivity index (χ0v) is 9.61. The van der Waals surface area contributed by atoms with Gasteiger partial charge in [0.05, 0.1) is 0 Å². The molecule has 0 amide bonds. The molecule has 0 radical (unpaired) electrons. The third-order valence-corrected chi connectivity index (χ3v) is 2.01. The van der Waals surface area contributed by atoms with Gasteiger partial charge >= 0.3 is 5.97 Å². The van der Waals surface area contributed by atoms with Crippen molar-refractivity contribution >= 4 is 35.3 Å². The summed E-state index contributed by atoms with van der Waals surface area (Å²) in [6, 6.07) is -0.786. The third-order valence-electron chi connectivity index (χ3n) is 1.47. The SMILES string of the molecule is CSC(N)=NCCC[C@H](N)C(=O)O.Cl. The summed E-state index contributed by atoms with van der Waals surface area (Å²) in [5.74, 6) is -0.971. The van der Waals surface area contributed by atoms with Crippen molar-refractivity contribution < 1.29 is 9.90 Å². The molecule has 5 N–H and O–H groups in total. The van der Waals surface area contributed by atoms with Gasteiger partial charge in [-0.05, 0) is 19.1 Å². The van der Waals surface area contributed by atoms with Gasteiger partial charge in [-0.3, -0.25) is 9.79 Å². The first-order chi connectivity index (χ1) is 6.07. The van der Waals surface area contributed by atoms with Gasteiger partial charge in [-0.1, -0.05) is 11.8 Å². The number of hydrogen-bond acceptors (Lipinski definition) is 4. The van der Waals surface area contributed by atoms with E-state index in [2.05, 4.69) is 4.99 Å². The van der Waals surface area contributed by atoms with Gasteiger partial charge in [-0.15, -0.1) is 12.4 Å². The number of carboxylic acids is 1. The van der Waals surface area contributed by atoms with Crippen LogP contribution in [0.3, 0.4) is 0 Å². The summed E-state index contributed by atoms with van der Waals surface area (Å²) in [5.41, 5.74) is 10.7. The fraction of sp³-hybridized carbons (Fsp3) is 0.714. The number of aliphatic carboxylic acids is 1. The Bertz CT molecular complexity index is 201. The second-order valence-electron chi connectivity index (χ2n) is 2.51. The molecule has 0 saturated carbocycles. The van der Waals surface area contributed by atoms with Crippen LogP contribution in [0.15, 0.2) is 4.99 Å². The number of hydrogen-bond donors (Lipinski definition) is 3. The summed E-state index contributed by atoms with van der Waals surface area (Å²) in [7, 11) is 0. The van der Waals surface area contributed by atoms with Crippen LogP contribution in [0, 0.1) is 0 Å². The van der Waals surface area contributed by atoms with Crippen LogP contribution in [0.25, 0.3) is 0 Å². The predicted molar refractivity (Wildman–Crippen MR) is 62.1 cm³/mol. The molecule has 7 heteroatoms. The highest BCUT2D eigenvalue weighted by atomic mass is 35.5. The molecule has 0 saturated heterocycles. The van der Waals surface area contributed by atoms with E-state index in [0.29, 0.717) is 24.6 Å². The van der Waals surface area contributed by atoms with E-state index in [1.54, 1.807) is 0 Å². The van der Waals surface area contributed by atoms with Gasteiger partial charge in [0.2, 0.25) is 0 Å². The summed E-state index contributed by atoms with van der Waals surface area (Å²) < 4.78 is 0. The van der Waals surface area contributed by atoms with Crippen LogP contribution in [-0.2, 0) is 4.79 Å². The van der Waals surface area contributed by atoms with Crippen molar-refractivity contribution in [2.45, 2.75) is 18.9 Å². The highest BCUT2D eigenvalue weighted by Crippen LogP contribution is 1.97. The van der Waals surface area contributed by atoms with Gasteiger partial charge in [0, 0.05) is 6.54 Å². The molecule has 0 spiro atoms. The topological polar surface area (TPSA) is 102 Å². The molecule has 1 atom stereocenters. The summed E-state index contributed by atoms with van der Waals surface area (Å²) in [6.07, 6.45) is 2.91. The van der Waals surface area contributed by atoms with E-state index in [1.165, 1.54) is 11.8 Å². The van der Waals surface area contributed by atoms with E-state index in [1.807, 2.05) is 6.26 Å². The van der Waals surface area contributed by atoms with Crippen molar-refractivity contribution in [2.24, 2.45) is 16.5 Å². The summed E-state index contributed by atoms with van der Waals surface area (Å²) in [4.78, 5) is 14.3. The van der Waals surface area contributed by atoms with E-state index in [9.17, 15) is 4.79 Å². The lowest BCUT2D eigenvalue weighted by Crippen LogP contribution is -2.30. The number of rotatable bonds is 5. The lowest BCUT2D eigenvalue weighted by molar-refractivity contribution is -0.138. The number of halogens is 1. The molecule has 5 nitrogen and oxygen atoms in total. The molecule has 0 rings (SSSR count). The minimum atomic E-state index is -0.971. The second-order valence-corrected chi connectivity index (χ2v) is 3.34. The van der Waals surface area contributed by atoms with Crippen LogP contribution < -0.4 is 11.5 Å². The summed E-state index contributed by atoms with van der Waals surface area (Å²) in [5, 5.41) is 8.96. The number of nitrogens with two attached hydrogens (primary N) is 2. The largest absolute Gasteiger partial charge is 0.480 e. The van der Waals surface area contributed by atoms with Gasteiger partial charge in [0.25, 0.3) is 0 Å². The van der Waals surface area contributed by atoms with Crippen molar-refractivity contribution in [1.29, 1.82) is 0 Å². The highest BCUT2D eigenvalue weighted by Gasteiger charge is 2.09. The van der Waals surface area contributed by atoms with Crippen molar-refractivity contribution in [3.63, 3.8) is 0 Å². The minimum absolute atomic E-state index is 0. The Morgan fingerprint density at radius 3 is 2.64 bits per heavy atom. The Morgan fingerprint density at radius 2 is 2.21 bits per heavy atom. The third kappa shape index (κ3) is 8.15. The van der Waals surface area contributed by atoms with Crippen LogP contribution in [0.4, 0.5) is 0 Å². The zero-order valence-electron chi connectivity index (χ0n) is 7.97. The van der Waals surface area contributed by atoms with Gasteiger partial charge in [0.1, 0.15) is 6.04 Å².